The van der Waals surface area contributed by atoms with Crippen LogP contribution in [0.1, 0.15) is 55.5 Å². The largest absolute Gasteiger partial charge is 0.508 e. The summed E-state index contributed by atoms with van der Waals surface area (Å²) >= 11 is 0. The molecule has 0 fully saturated rings. The van der Waals surface area contributed by atoms with Crippen LogP contribution in [0.2, 0.25) is 0 Å². The van der Waals surface area contributed by atoms with Crippen LogP contribution in [-0.4, -0.2) is 22.0 Å². The fourth-order valence-corrected chi connectivity index (χ4v) is 1.86. The standard InChI is InChI=1S/C15H20O4/c1-9(2)4-7-13(16)10(3)12-6-5-11(15(18)19)8-14(12)17/h5-6,8-10,17H,4,7H2,1-3H3,(H,18,19)/t10-/m0/s1. The maximum absolute atomic E-state index is 12.0. The molecule has 0 bridgehead atoms. The van der Waals surface area contributed by atoms with Gasteiger partial charge >= 0.3 is 5.97 Å². The normalized spacial score (nSPS) is 12.4. The topological polar surface area (TPSA) is 74.6 Å². The van der Waals surface area contributed by atoms with Gasteiger partial charge in [0, 0.05) is 17.9 Å². The number of ketones is 1. The minimum atomic E-state index is -1.10. The van der Waals surface area contributed by atoms with E-state index in [9.17, 15) is 14.7 Å². The predicted octanol–water partition coefficient (Wildman–Crippen LogP) is 3.20. The molecule has 0 aromatic heterocycles. The van der Waals surface area contributed by atoms with E-state index in [1.165, 1.54) is 18.2 Å². The third-order valence-electron chi connectivity index (χ3n) is 3.19. The number of Topliss-reactive ketones (excluding diaryl/α,β-unsaturated/α-hetero) is 1. The highest BCUT2D eigenvalue weighted by Gasteiger charge is 2.19. The highest BCUT2D eigenvalue weighted by Crippen LogP contribution is 2.28. The average molecular weight is 264 g/mol. The highest BCUT2D eigenvalue weighted by molar-refractivity contribution is 5.89. The first-order valence-electron chi connectivity index (χ1n) is 6.41. The van der Waals surface area contributed by atoms with Crippen LogP contribution in [0.4, 0.5) is 0 Å². The van der Waals surface area contributed by atoms with Gasteiger partial charge in [-0.25, -0.2) is 4.79 Å². The van der Waals surface area contributed by atoms with Crippen molar-refractivity contribution in [2.45, 2.75) is 39.5 Å². The van der Waals surface area contributed by atoms with E-state index in [4.69, 9.17) is 5.11 Å². The monoisotopic (exact) mass is 264 g/mol. The van der Waals surface area contributed by atoms with E-state index in [0.29, 0.717) is 17.9 Å². The van der Waals surface area contributed by atoms with Gasteiger partial charge in [0.15, 0.2) is 0 Å². The number of benzene rings is 1. The first-order valence-corrected chi connectivity index (χ1v) is 6.41. The minimum absolute atomic E-state index is 0.0167. The molecule has 0 saturated carbocycles. The summed E-state index contributed by atoms with van der Waals surface area (Å²) in [5.41, 5.74) is 0.502. The lowest BCUT2D eigenvalue weighted by Gasteiger charge is -2.13. The Balaban J connectivity index is 2.85. The van der Waals surface area contributed by atoms with E-state index >= 15 is 0 Å². The molecule has 1 aromatic carbocycles. The minimum Gasteiger partial charge on any atom is -0.508 e. The Morgan fingerprint density at radius 1 is 1.21 bits per heavy atom. The Morgan fingerprint density at radius 3 is 2.32 bits per heavy atom. The Kier molecular flexibility index (Phi) is 5.10. The zero-order chi connectivity index (χ0) is 14.6. The predicted molar refractivity (Wildman–Crippen MR) is 72.6 cm³/mol. The molecular weight excluding hydrogens is 244 g/mol. The summed E-state index contributed by atoms with van der Waals surface area (Å²) < 4.78 is 0. The number of hydrogen-bond acceptors (Lipinski definition) is 3. The van der Waals surface area contributed by atoms with E-state index in [1.54, 1.807) is 6.92 Å². The number of hydrogen-bond donors (Lipinski definition) is 2. The van der Waals surface area contributed by atoms with Gasteiger partial charge < -0.3 is 10.2 Å². The van der Waals surface area contributed by atoms with Crippen LogP contribution in [0.5, 0.6) is 5.75 Å². The molecule has 4 nitrogen and oxygen atoms in total. The molecule has 0 aliphatic carbocycles. The van der Waals surface area contributed by atoms with Crippen LogP contribution in [0.25, 0.3) is 0 Å². The molecule has 4 heteroatoms. The van der Waals surface area contributed by atoms with Crippen LogP contribution in [0.3, 0.4) is 0 Å². The van der Waals surface area contributed by atoms with Gasteiger partial charge in [0.2, 0.25) is 0 Å². The zero-order valence-electron chi connectivity index (χ0n) is 11.5. The van der Waals surface area contributed by atoms with Crippen molar-refractivity contribution in [2.24, 2.45) is 5.92 Å². The molecule has 0 heterocycles. The quantitative estimate of drug-likeness (QED) is 0.827. The van der Waals surface area contributed by atoms with Gasteiger partial charge in [-0.15, -0.1) is 0 Å². The van der Waals surface area contributed by atoms with E-state index in [0.717, 1.165) is 6.42 Å². The van der Waals surface area contributed by atoms with E-state index in [2.05, 4.69) is 13.8 Å². The maximum atomic E-state index is 12.0. The molecule has 0 unspecified atom stereocenters. The van der Waals surface area contributed by atoms with Crippen LogP contribution in [-0.2, 0) is 4.79 Å². The number of phenols is 1. The van der Waals surface area contributed by atoms with E-state index in [1.807, 2.05) is 0 Å². The molecule has 0 aliphatic rings. The van der Waals surface area contributed by atoms with E-state index in [-0.39, 0.29) is 17.1 Å². The van der Waals surface area contributed by atoms with Gasteiger partial charge in [0.05, 0.1) is 5.56 Å². The second-order valence-corrected chi connectivity index (χ2v) is 5.20. The fraction of sp³-hybridized carbons (Fsp3) is 0.467. The zero-order valence-corrected chi connectivity index (χ0v) is 11.5. The van der Waals surface area contributed by atoms with Gasteiger partial charge in [0.25, 0.3) is 0 Å². The third kappa shape index (κ3) is 4.09. The Labute approximate surface area is 113 Å². The summed E-state index contributed by atoms with van der Waals surface area (Å²) in [4.78, 5) is 22.8. The molecule has 1 rings (SSSR count). The summed E-state index contributed by atoms with van der Waals surface area (Å²) in [5, 5.41) is 18.6. The van der Waals surface area contributed by atoms with Crippen molar-refractivity contribution in [1.82, 2.24) is 0 Å². The second-order valence-electron chi connectivity index (χ2n) is 5.20. The van der Waals surface area contributed by atoms with Gasteiger partial charge in [-0.1, -0.05) is 26.8 Å². The van der Waals surface area contributed by atoms with Gasteiger partial charge in [-0.05, 0) is 24.5 Å². The first kappa shape index (κ1) is 15.2. The van der Waals surface area contributed by atoms with Crippen molar-refractivity contribution < 1.29 is 19.8 Å². The van der Waals surface area contributed by atoms with Crippen molar-refractivity contribution in [3.05, 3.63) is 29.3 Å². The molecule has 0 radical (unpaired) electrons. The van der Waals surface area contributed by atoms with Crippen LogP contribution in [0, 0.1) is 5.92 Å². The first-order chi connectivity index (χ1) is 8.82. The molecule has 0 saturated heterocycles. The molecule has 19 heavy (non-hydrogen) atoms. The number of rotatable bonds is 6. The summed E-state index contributed by atoms with van der Waals surface area (Å²) in [6.45, 7) is 5.84. The number of aromatic hydroxyl groups is 1. The third-order valence-corrected chi connectivity index (χ3v) is 3.19. The number of aromatic carboxylic acids is 1. The van der Waals surface area contributed by atoms with Gasteiger partial charge in [-0.3, -0.25) is 4.79 Å². The lowest BCUT2D eigenvalue weighted by molar-refractivity contribution is -0.120. The fourth-order valence-electron chi connectivity index (χ4n) is 1.86. The molecule has 0 spiro atoms. The molecule has 104 valence electrons. The van der Waals surface area contributed by atoms with Crippen molar-refractivity contribution >= 4 is 11.8 Å². The smallest absolute Gasteiger partial charge is 0.335 e. The Morgan fingerprint density at radius 2 is 1.84 bits per heavy atom. The summed E-state index contributed by atoms with van der Waals surface area (Å²) in [7, 11) is 0. The van der Waals surface area contributed by atoms with Crippen LogP contribution >= 0.6 is 0 Å². The Hall–Kier alpha value is -1.84. The SMILES string of the molecule is CC(C)CCC(=O)[C@@H](C)c1ccc(C(=O)O)cc1O. The van der Waals surface area contributed by atoms with Crippen LogP contribution in [0.15, 0.2) is 18.2 Å². The number of carbonyl (C=O) groups excluding carboxylic acids is 1. The summed E-state index contributed by atoms with van der Waals surface area (Å²) in [6.07, 6.45) is 1.29. The van der Waals surface area contributed by atoms with Crippen molar-refractivity contribution in [3.8, 4) is 5.75 Å². The molecule has 1 aromatic rings. The summed E-state index contributed by atoms with van der Waals surface area (Å²) in [5.74, 6) is -1.13. The van der Waals surface area contributed by atoms with Crippen molar-refractivity contribution in [1.29, 1.82) is 0 Å². The second kappa shape index (κ2) is 6.36. The number of phenolic OH excluding ortho intramolecular Hbond substituents is 1. The number of carboxylic acids is 1. The summed E-state index contributed by atoms with van der Waals surface area (Å²) in [6, 6.07) is 4.10. The Bertz CT molecular complexity index is 477. The van der Waals surface area contributed by atoms with Gasteiger partial charge in [0.1, 0.15) is 11.5 Å². The molecular formula is C15H20O4. The van der Waals surface area contributed by atoms with E-state index < -0.39 is 11.9 Å². The molecule has 0 amide bonds. The number of carboxylic acid groups (broad SMARTS) is 1. The maximum Gasteiger partial charge on any atom is 0.335 e. The lowest BCUT2D eigenvalue weighted by Crippen LogP contribution is -2.10. The molecule has 2 N–H and O–H groups in total. The highest BCUT2D eigenvalue weighted by atomic mass is 16.4. The molecule has 0 aliphatic heterocycles. The average Bonchev–Trinajstić information content (AvgIpc) is 2.34. The van der Waals surface area contributed by atoms with Crippen molar-refractivity contribution in [2.75, 3.05) is 0 Å². The number of carbonyl (C=O) groups is 2. The lowest BCUT2D eigenvalue weighted by atomic mass is 9.91. The molecule has 1 atom stereocenters. The van der Waals surface area contributed by atoms with Gasteiger partial charge in [-0.2, -0.15) is 0 Å². The van der Waals surface area contributed by atoms with Crippen molar-refractivity contribution in [3.63, 3.8) is 0 Å². The van der Waals surface area contributed by atoms with Crippen LogP contribution < -0.4 is 0 Å².